The van der Waals surface area contributed by atoms with Gasteiger partial charge < -0.3 is 14.8 Å². The van der Waals surface area contributed by atoms with Crippen LogP contribution in [0.3, 0.4) is 0 Å². The molecule has 0 bridgehead atoms. The van der Waals surface area contributed by atoms with Crippen molar-refractivity contribution in [1.29, 1.82) is 0 Å². The average molecular weight is 517 g/mol. The van der Waals surface area contributed by atoms with Gasteiger partial charge in [0.2, 0.25) is 5.91 Å². The fraction of sp³-hybridized carbons (Fsp3) is 0.269. The maximum Gasteiger partial charge on any atom is 0.264 e. The molecule has 0 heterocycles. The molecule has 0 saturated carbocycles. The second-order valence-electron chi connectivity index (χ2n) is 7.99. The van der Waals surface area contributed by atoms with Crippen LogP contribution in [0.5, 0.6) is 11.5 Å². The molecule has 35 heavy (non-hydrogen) atoms. The summed E-state index contributed by atoms with van der Waals surface area (Å²) >= 11 is 5.93. The molecule has 0 saturated heterocycles. The Morgan fingerprint density at radius 1 is 0.943 bits per heavy atom. The van der Waals surface area contributed by atoms with Crippen LogP contribution in [-0.4, -0.2) is 40.1 Å². The first-order valence-electron chi connectivity index (χ1n) is 11.2. The Balaban J connectivity index is 1.76. The van der Waals surface area contributed by atoms with Crippen molar-refractivity contribution in [3.63, 3.8) is 0 Å². The summed E-state index contributed by atoms with van der Waals surface area (Å²) in [6, 6.07) is 19.6. The summed E-state index contributed by atoms with van der Waals surface area (Å²) in [5.41, 5.74) is 1.46. The van der Waals surface area contributed by atoms with Gasteiger partial charge in [-0.25, -0.2) is 8.42 Å². The number of aryl methyl sites for hydroxylation is 1. The molecule has 1 amide bonds. The lowest BCUT2D eigenvalue weighted by atomic mass is 10.2. The van der Waals surface area contributed by atoms with Gasteiger partial charge in [-0.3, -0.25) is 9.10 Å². The van der Waals surface area contributed by atoms with Gasteiger partial charge in [0.15, 0.2) is 0 Å². The predicted octanol–water partition coefficient (Wildman–Crippen LogP) is 4.83. The first kappa shape index (κ1) is 26.4. The fourth-order valence-corrected chi connectivity index (χ4v) is 4.82. The quantitative estimate of drug-likeness (QED) is 0.394. The minimum absolute atomic E-state index is 0.0272. The molecule has 0 fully saturated rings. The summed E-state index contributed by atoms with van der Waals surface area (Å²) in [4.78, 5) is 12.9. The van der Waals surface area contributed by atoms with Gasteiger partial charge >= 0.3 is 0 Å². The van der Waals surface area contributed by atoms with E-state index < -0.39 is 22.5 Å². The van der Waals surface area contributed by atoms with E-state index in [0.717, 1.165) is 9.87 Å². The number of benzene rings is 3. The predicted molar refractivity (Wildman–Crippen MR) is 138 cm³/mol. The van der Waals surface area contributed by atoms with E-state index >= 15 is 0 Å². The number of hydrogen-bond donors (Lipinski definition) is 1. The number of anilines is 1. The van der Waals surface area contributed by atoms with E-state index in [1.165, 1.54) is 24.3 Å². The zero-order valence-electron chi connectivity index (χ0n) is 19.9. The van der Waals surface area contributed by atoms with Gasteiger partial charge in [0.05, 0.1) is 23.2 Å². The number of halogens is 1. The lowest BCUT2D eigenvalue weighted by Crippen LogP contribution is -2.45. The van der Waals surface area contributed by atoms with E-state index in [1.807, 2.05) is 38.1 Å². The topological polar surface area (TPSA) is 84.9 Å². The molecular formula is C26H29ClN2O5S. The number of amides is 1. The normalized spacial score (nSPS) is 12.0. The zero-order chi connectivity index (χ0) is 25.4. The minimum atomic E-state index is -4.04. The van der Waals surface area contributed by atoms with Crippen molar-refractivity contribution in [3.8, 4) is 11.5 Å². The van der Waals surface area contributed by atoms with Crippen LogP contribution in [0, 0.1) is 6.92 Å². The van der Waals surface area contributed by atoms with Gasteiger partial charge in [0.1, 0.15) is 24.7 Å². The van der Waals surface area contributed by atoms with Crippen molar-refractivity contribution in [2.24, 2.45) is 0 Å². The van der Waals surface area contributed by atoms with Gasteiger partial charge in [-0.1, -0.05) is 29.3 Å². The Bertz CT molecular complexity index is 1210. The third-order valence-electron chi connectivity index (χ3n) is 5.05. The van der Waals surface area contributed by atoms with Crippen molar-refractivity contribution < 1.29 is 22.7 Å². The van der Waals surface area contributed by atoms with Crippen LogP contribution >= 0.6 is 11.6 Å². The van der Waals surface area contributed by atoms with Crippen LogP contribution in [0.1, 0.15) is 19.4 Å². The summed E-state index contributed by atoms with van der Waals surface area (Å²) in [5, 5.41) is 3.22. The van der Waals surface area contributed by atoms with Crippen molar-refractivity contribution in [1.82, 2.24) is 5.32 Å². The standard InChI is InChI=1S/C26H29ClN2O5S/c1-4-33-23-13-9-22(10-14-23)29(35(31,32)25-15-7-21(27)8-16-25)17-26(30)28-20(3)18-34-24-11-5-19(2)6-12-24/h5-16,20H,4,17-18H2,1-3H3,(H,28,30). The lowest BCUT2D eigenvalue weighted by Gasteiger charge is -2.25. The smallest absolute Gasteiger partial charge is 0.264 e. The number of carbonyl (C=O) groups is 1. The molecule has 1 unspecified atom stereocenters. The first-order chi connectivity index (χ1) is 16.7. The van der Waals surface area contributed by atoms with Gasteiger partial charge in [-0.05, 0) is 81.4 Å². The van der Waals surface area contributed by atoms with E-state index in [2.05, 4.69) is 5.32 Å². The first-order valence-corrected chi connectivity index (χ1v) is 13.0. The minimum Gasteiger partial charge on any atom is -0.494 e. The molecular weight excluding hydrogens is 488 g/mol. The van der Waals surface area contributed by atoms with Gasteiger partial charge in [0, 0.05) is 5.02 Å². The molecule has 3 aromatic carbocycles. The fourth-order valence-electron chi connectivity index (χ4n) is 3.27. The highest BCUT2D eigenvalue weighted by Gasteiger charge is 2.27. The number of sulfonamides is 1. The maximum atomic E-state index is 13.5. The SMILES string of the molecule is CCOc1ccc(N(CC(=O)NC(C)COc2ccc(C)cc2)S(=O)(=O)c2ccc(Cl)cc2)cc1. The Labute approximate surface area is 211 Å². The molecule has 1 atom stereocenters. The van der Waals surface area contributed by atoms with Crippen LogP contribution in [-0.2, 0) is 14.8 Å². The summed E-state index contributed by atoms with van der Waals surface area (Å²) in [6.07, 6.45) is 0. The molecule has 1 N–H and O–H groups in total. The molecule has 0 aliphatic carbocycles. The lowest BCUT2D eigenvalue weighted by molar-refractivity contribution is -0.120. The molecule has 0 radical (unpaired) electrons. The van der Waals surface area contributed by atoms with E-state index in [4.69, 9.17) is 21.1 Å². The number of hydrogen-bond acceptors (Lipinski definition) is 5. The molecule has 0 aliphatic rings. The number of ether oxygens (including phenoxy) is 2. The second-order valence-corrected chi connectivity index (χ2v) is 10.3. The van der Waals surface area contributed by atoms with Crippen LogP contribution in [0.4, 0.5) is 5.69 Å². The third kappa shape index (κ3) is 7.37. The van der Waals surface area contributed by atoms with Crippen LogP contribution < -0.4 is 19.1 Å². The van der Waals surface area contributed by atoms with Crippen molar-refractivity contribution in [2.45, 2.75) is 31.7 Å². The zero-order valence-corrected chi connectivity index (χ0v) is 21.5. The van der Waals surface area contributed by atoms with Crippen molar-refractivity contribution in [2.75, 3.05) is 24.1 Å². The van der Waals surface area contributed by atoms with Crippen molar-refractivity contribution in [3.05, 3.63) is 83.4 Å². The van der Waals surface area contributed by atoms with Gasteiger partial charge in [-0.2, -0.15) is 0 Å². The maximum absolute atomic E-state index is 13.5. The molecule has 7 nitrogen and oxygen atoms in total. The second kappa shape index (κ2) is 12.0. The molecule has 0 spiro atoms. The highest BCUT2D eigenvalue weighted by molar-refractivity contribution is 7.92. The average Bonchev–Trinajstić information content (AvgIpc) is 2.83. The van der Waals surface area contributed by atoms with E-state index in [1.54, 1.807) is 31.2 Å². The van der Waals surface area contributed by atoms with Crippen LogP contribution in [0.2, 0.25) is 5.02 Å². The highest BCUT2D eigenvalue weighted by atomic mass is 35.5. The summed E-state index contributed by atoms with van der Waals surface area (Å²) < 4.78 is 39.2. The summed E-state index contributed by atoms with van der Waals surface area (Å²) in [6.45, 7) is 5.95. The number of rotatable bonds is 11. The third-order valence-corrected chi connectivity index (χ3v) is 7.09. The molecule has 3 rings (SSSR count). The summed E-state index contributed by atoms with van der Waals surface area (Å²) in [5.74, 6) is 0.834. The number of carbonyl (C=O) groups excluding carboxylic acids is 1. The molecule has 0 aromatic heterocycles. The largest absolute Gasteiger partial charge is 0.494 e. The number of nitrogens with zero attached hydrogens (tertiary/aromatic N) is 1. The van der Waals surface area contributed by atoms with Crippen LogP contribution in [0.15, 0.2) is 77.7 Å². The van der Waals surface area contributed by atoms with Gasteiger partial charge in [-0.15, -0.1) is 0 Å². The monoisotopic (exact) mass is 516 g/mol. The molecule has 186 valence electrons. The molecule has 9 heteroatoms. The van der Waals surface area contributed by atoms with Crippen molar-refractivity contribution >= 4 is 33.2 Å². The molecule has 0 aliphatic heterocycles. The summed E-state index contributed by atoms with van der Waals surface area (Å²) in [7, 11) is -4.04. The Kier molecular flexibility index (Phi) is 9.01. The number of nitrogens with one attached hydrogen (secondary N) is 1. The van der Waals surface area contributed by atoms with E-state index in [9.17, 15) is 13.2 Å². The molecule has 3 aromatic rings. The van der Waals surface area contributed by atoms with E-state index in [0.29, 0.717) is 28.8 Å². The van der Waals surface area contributed by atoms with E-state index in [-0.39, 0.29) is 17.5 Å². The highest BCUT2D eigenvalue weighted by Crippen LogP contribution is 2.26. The van der Waals surface area contributed by atoms with Gasteiger partial charge in [0.25, 0.3) is 10.0 Å². The Morgan fingerprint density at radius 3 is 2.11 bits per heavy atom. The Hall–Kier alpha value is -3.23. The van der Waals surface area contributed by atoms with Crippen LogP contribution in [0.25, 0.3) is 0 Å². The Morgan fingerprint density at radius 2 is 1.51 bits per heavy atom.